The molecule has 1 heterocycles. The van der Waals surface area contributed by atoms with Crippen molar-refractivity contribution in [2.45, 2.75) is 25.9 Å². The van der Waals surface area contributed by atoms with Gasteiger partial charge >= 0.3 is 0 Å². The molecule has 1 aromatic rings. The Morgan fingerprint density at radius 2 is 2.29 bits per heavy atom. The molecule has 1 fully saturated rings. The monoisotopic (exact) mass is 238 g/mol. The molecule has 17 heavy (non-hydrogen) atoms. The van der Waals surface area contributed by atoms with Gasteiger partial charge in [0.2, 0.25) is 0 Å². The van der Waals surface area contributed by atoms with Crippen molar-refractivity contribution in [1.29, 1.82) is 0 Å². The predicted octanol–water partition coefficient (Wildman–Crippen LogP) is 2.07. The summed E-state index contributed by atoms with van der Waals surface area (Å²) in [6.45, 7) is 6.22. The summed E-state index contributed by atoms with van der Waals surface area (Å²) in [5.41, 5.74) is 7.80. The van der Waals surface area contributed by atoms with Gasteiger partial charge in [-0.2, -0.15) is 0 Å². The van der Waals surface area contributed by atoms with E-state index in [1.165, 1.54) is 12.1 Å². The van der Waals surface area contributed by atoms with Crippen LogP contribution >= 0.6 is 0 Å². The van der Waals surface area contributed by atoms with Gasteiger partial charge in [0.25, 0.3) is 0 Å². The smallest absolute Gasteiger partial charge is 0.123 e. The van der Waals surface area contributed by atoms with Crippen LogP contribution in [0.4, 0.5) is 10.1 Å². The number of hydrogen-bond acceptors (Lipinski definition) is 3. The van der Waals surface area contributed by atoms with E-state index in [0.717, 1.165) is 17.8 Å². The van der Waals surface area contributed by atoms with Gasteiger partial charge < -0.3 is 15.4 Å². The van der Waals surface area contributed by atoms with Gasteiger partial charge in [0.1, 0.15) is 5.82 Å². The maximum Gasteiger partial charge on any atom is 0.123 e. The maximum absolute atomic E-state index is 13.3. The lowest BCUT2D eigenvalue weighted by Crippen LogP contribution is -2.44. The van der Waals surface area contributed by atoms with Crippen LogP contribution in [0.2, 0.25) is 0 Å². The molecule has 0 aromatic heterocycles. The summed E-state index contributed by atoms with van der Waals surface area (Å²) in [4.78, 5) is 2.24. The SMILES string of the molecule is CC1COCCN1c1ccc(F)cc1[C@@H](C)N. The van der Waals surface area contributed by atoms with Crippen molar-refractivity contribution in [1.82, 2.24) is 0 Å². The van der Waals surface area contributed by atoms with Crippen molar-refractivity contribution >= 4 is 5.69 Å². The highest BCUT2D eigenvalue weighted by Crippen LogP contribution is 2.28. The van der Waals surface area contributed by atoms with Crippen molar-refractivity contribution in [2.24, 2.45) is 5.73 Å². The van der Waals surface area contributed by atoms with E-state index >= 15 is 0 Å². The van der Waals surface area contributed by atoms with Crippen molar-refractivity contribution in [3.63, 3.8) is 0 Å². The van der Waals surface area contributed by atoms with E-state index in [-0.39, 0.29) is 11.9 Å². The zero-order valence-corrected chi connectivity index (χ0v) is 10.3. The second-order valence-corrected chi connectivity index (χ2v) is 4.61. The highest BCUT2D eigenvalue weighted by Gasteiger charge is 2.22. The molecule has 94 valence electrons. The van der Waals surface area contributed by atoms with Gasteiger partial charge in [-0.05, 0) is 37.6 Å². The van der Waals surface area contributed by atoms with E-state index in [0.29, 0.717) is 19.3 Å². The Bertz CT molecular complexity index is 395. The van der Waals surface area contributed by atoms with Crippen LogP contribution in [0.25, 0.3) is 0 Å². The first-order valence-electron chi connectivity index (χ1n) is 5.99. The molecule has 2 rings (SSSR count). The fraction of sp³-hybridized carbons (Fsp3) is 0.538. The van der Waals surface area contributed by atoms with Gasteiger partial charge in [-0.3, -0.25) is 0 Å². The minimum absolute atomic E-state index is 0.171. The molecule has 3 nitrogen and oxygen atoms in total. The fourth-order valence-electron chi connectivity index (χ4n) is 2.24. The number of benzene rings is 1. The van der Waals surface area contributed by atoms with Gasteiger partial charge in [-0.15, -0.1) is 0 Å². The number of nitrogens with zero attached hydrogens (tertiary/aromatic N) is 1. The number of halogens is 1. The van der Waals surface area contributed by atoms with Gasteiger partial charge in [0.15, 0.2) is 0 Å². The Morgan fingerprint density at radius 1 is 1.53 bits per heavy atom. The van der Waals surface area contributed by atoms with Gasteiger partial charge in [-0.1, -0.05) is 0 Å². The van der Waals surface area contributed by atoms with E-state index in [4.69, 9.17) is 10.5 Å². The minimum Gasteiger partial charge on any atom is -0.377 e. The van der Waals surface area contributed by atoms with Crippen LogP contribution in [0.1, 0.15) is 25.5 Å². The number of morpholine rings is 1. The first-order chi connectivity index (χ1) is 8.09. The molecule has 0 radical (unpaired) electrons. The Labute approximate surface area is 101 Å². The lowest BCUT2D eigenvalue weighted by molar-refractivity contribution is 0.0988. The third-order valence-corrected chi connectivity index (χ3v) is 3.16. The molecular weight excluding hydrogens is 219 g/mol. The largest absolute Gasteiger partial charge is 0.377 e. The normalized spacial score (nSPS) is 22.6. The summed E-state index contributed by atoms with van der Waals surface area (Å²) < 4.78 is 18.7. The summed E-state index contributed by atoms with van der Waals surface area (Å²) in [7, 11) is 0. The summed E-state index contributed by atoms with van der Waals surface area (Å²) in [6, 6.07) is 4.96. The summed E-state index contributed by atoms with van der Waals surface area (Å²) >= 11 is 0. The van der Waals surface area contributed by atoms with Crippen molar-refractivity contribution in [2.75, 3.05) is 24.7 Å². The molecule has 0 saturated carbocycles. The van der Waals surface area contributed by atoms with Gasteiger partial charge in [0.05, 0.1) is 13.2 Å². The van der Waals surface area contributed by atoms with Crippen LogP contribution < -0.4 is 10.6 Å². The van der Waals surface area contributed by atoms with E-state index in [9.17, 15) is 4.39 Å². The highest BCUT2D eigenvalue weighted by atomic mass is 19.1. The number of ether oxygens (including phenoxy) is 1. The summed E-state index contributed by atoms with van der Waals surface area (Å²) in [5.74, 6) is -0.234. The van der Waals surface area contributed by atoms with E-state index in [2.05, 4.69) is 11.8 Å². The first-order valence-corrected chi connectivity index (χ1v) is 5.99. The fourth-order valence-corrected chi connectivity index (χ4v) is 2.24. The number of anilines is 1. The van der Waals surface area contributed by atoms with Crippen LogP contribution in [-0.4, -0.2) is 25.8 Å². The molecule has 0 amide bonds. The number of rotatable bonds is 2. The van der Waals surface area contributed by atoms with E-state index in [1.54, 1.807) is 0 Å². The van der Waals surface area contributed by atoms with Crippen LogP contribution in [0.5, 0.6) is 0 Å². The predicted molar refractivity (Wildman–Crippen MR) is 66.6 cm³/mol. The quantitative estimate of drug-likeness (QED) is 0.857. The molecule has 1 aliphatic heterocycles. The summed E-state index contributed by atoms with van der Waals surface area (Å²) in [6.07, 6.45) is 0. The Morgan fingerprint density at radius 3 is 2.94 bits per heavy atom. The van der Waals surface area contributed by atoms with Crippen LogP contribution in [-0.2, 0) is 4.74 Å². The average Bonchev–Trinajstić information content (AvgIpc) is 2.30. The molecule has 0 bridgehead atoms. The zero-order chi connectivity index (χ0) is 12.4. The first kappa shape index (κ1) is 12.3. The average molecular weight is 238 g/mol. The molecule has 1 aromatic carbocycles. The molecule has 0 spiro atoms. The van der Waals surface area contributed by atoms with Crippen LogP contribution in [0.15, 0.2) is 18.2 Å². The Hall–Kier alpha value is -1.13. The third-order valence-electron chi connectivity index (χ3n) is 3.16. The highest BCUT2D eigenvalue weighted by molar-refractivity contribution is 5.56. The van der Waals surface area contributed by atoms with Crippen molar-refractivity contribution in [3.8, 4) is 0 Å². The van der Waals surface area contributed by atoms with E-state index < -0.39 is 0 Å². The molecule has 1 saturated heterocycles. The standard InChI is InChI=1S/C13H19FN2O/c1-9-8-17-6-5-16(9)13-4-3-11(14)7-12(13)10(2)15/h3-4,7,9-10H,5-6,8,15H2,1-2H3/t9?,10-/m1/s1. The molecule has 0 aliphatic carbocycles. The number of nitrogens with two attached hydrogens (primary N) is 1. The number of hydrogen-bond donors (Lipinski definition) is 1. The maximum atomic E-state index is 13.3. The summed E-state index contributed by atoms with van der Waals surface area (Å²) in [5, 5.41) is 0. The molecule has 4 heteroatoms. The van der Waals surface area contributed by atoms with Crippen molar-refractivity contribution < 1.29 is 9.13 Å². The molecule has 1 aliphatic rings. The molecule has 1 unspecified atom stereocenters. The Balaban J connectivity index is 2.36. The lowest BCUT2D eigenvalue weighted by atomic mass is 10.0. The lowest BCUT2D eigenvalue weighted by Gasteiger charge is -2.37. The second kappa shape index (κ2) is 5.02. The molecule has 2 N–H and O–H groups in total. The van der Waals surface area contributed by atoms with Crippen LogP contribution in [0.3, 0.4) is 0 Å². The Kier molecular flexibility index (Phi) is 3.64. The van der Waals surface area contributed by atoms with Crippen molar-refractivity contribution in [3.05, 3.63) is 29.6 Å². The topological polar surface area (TPSA) is 38.5 Å². The van der Waals surface area contributed by atoms with Gasteiger partial charge in [0, 0.05) is 24.3 Å². The minimum atomic E-state index is -0.234. The molecular formula is C13H19FN2O. The third kappa shape index (κ3) is 2.58. The van der Waals surface area contributed by atoms with Crippen LogP contribution in [0, 0.1) is 5.82 Å². The zero-order valence-electron chi connectivity index (χ0n) is 10.3. The molecule has 2 atom stereocenters. The van der Waals surface area contributed by atoms with E-state index in [1.807, 2.05) is 13.0 Å². The second-order valence-electron chi connectivity index (χ2n) is 4.61. The van der Waals surface area contributed by atoms with Gasteiger partial charge in [-0.25, -0.2) is 4.39 Å².